The molecule has 0 saturated carbocycles. The third-order valence-corrected chi connectivity index (χ3v) is 13.5. The Labute approximate surface area is 349 Å². The summed E-state index contributed by atoms with van der Waals surface area (Å²) in [6, 6.07) is 62.7. The van der Waals surface area contributed by atoms with Gasteiger partial charge in [-0.2, -0.15) is 0 Å². The van der Waals surface area contributed by atoms with Crippen molar-refractivity contribution in [2.75, 3.05) is 9.34 Å². The first-order valence-corrected chi connectivity index (χ1v) is 21.5. The highest BCUT2D eigenvalue weighted by molar-refractivity contribution is 7.75. The Hall–Kier alpha value is -7.60. The van der Waals surface area contributed by atoms with E-state index < -0.39 is 7.44 Å². The molecule has 0 radical (unpaired) electrons. The van der Waals surface area contributed by atoms with Crippen molar-refractivity contribution >= 4 is 58.8 Å². The lowest BCUT2D eigenvalue weighted by atomic mass is 10.0. The molecule has 0 aliphatic carbocycles. The quantitative estimate of drug-likeness (QED) is 0.136. The summed E-state index contributed by atoms with van der Waals surface area (Å²) in [6.45, 7) is 6.29. The molecule has 0 amide bonds. The number of fused-ring (bicyclic) bond motifs is 2. The van der Waals surface area contributed by atoms with Crippen LogP contribution in [0, 0.1) is 0 Å². The van der Waals surface area contributed by atoms with Crippen LogP contribution in [0.25, 0.3) is 62.6 Å². The number of rotatable bonds is 9. The molecule has 10 rings (SSSR count). The first-order chi connectivity index (χ1) is 29.6. The van der Waals surface area contributed by atoms with Gasteiger partial charge in [0.15, 0.2) is 11.6 Å². The summed E-state index contributed by atoms with van der Waals surface area (Å²) < 4.78 is 23.1. The van der Waals surface area contributed by atoms with Crippen LogP contribution in [0.15, 0.2) is 201 Å². The second kappa shape index (κ2) is 15.3. The Kier molecular flexibility index (Phi) is 9.36. The Bertz CT molecular complexity index is 3040. The number of nitrogens with zero attached hydrogens (tertiary/aromatic N) is 6. The maximum Gasteiger partial charge on any atom is 0.338 e. The summed E-state index contributed by atoms with van der Waals surface area (Å²) in [7, 11) is -3.99. The molecule has 0 fully saturated rings. The van der Waals surface area contributed by atoms with E-state index in [1.165, 1.54) is 0 Å². The second-order valence-corrected chi connectivity index (χ2v) is 16.8. The zero-order valence-electron chi connectivity index (χ0n) is 32.9. The highest BCUT2D eigenvalue weighted by Crippen LogP contribution is 2.70. The first kappa shape index (κ1) is 36.7. The van der Waals surface area contributed by atoms with Crippen LogP contribution in [0.1, 0.15) is 18.2 Å². The first-order valence-electron chi connectivity index (χ1n) is 19.9. The molecule has 1 aliphatic rings. The van der Waals surface area contributed by atoms with Crippen LogP contribution >= 0.6 is 7.44 Å². The zero-order valence-corrected chi connectivity index (χ0v) is 33.8. The summed E-state index contributed by atoms with van der Waals surface area (Å²) in [6.07, 6.45) is 6.14. The van der Waals surface area contributed by atoms with Gasteiger partial charge in [-0.05, 0) is 84.8 Å². The van der Waals surface area contributed by atoms with Gasteiger partial charge in [-0.15, -0.1) is 0 Å². The molecule has 8 heteroatoms. The van der Waals surface area contributed by atoms with Gasteiger partial charge in [0, 0.05) is 39.1 Å². The van der Waals surface area contributed by atoms with Gasteiger partial charge >= 0.3 is 7.44 Å². The summed E-state index contributed by atoms with van der Waals surface area (Å²) in [4.78, 5) is 15.2. The number of benzene rings is 7. The highest BCUT2D eigenvalue weighted by Gasteiger charge is 2.52. The topological polar surface area (TPSA) is 67.2 Å². The van der Waals surface area contributed by atoms with Gasteiger partial charge in [-0.25, -0.2) is 15.0 Å². The smallest absolute Gasteiger partial charge is 0.309 e. The largest absolute Gasteiger partial charge is 0.338 e. The molecule has 1 atom stereocenters. The molecule has 288 valence electrons. The van der Waals surface area contributed by atoms with Crippen LogP contribution in [0.3, 0.4) is 0 Å². The molecule has 1 unspecified atom stereocenters. The van der Waals surface area contributed by atoms with Gasteiger partial charge in [0.2, 0.25) is 5.57 Å². The van der Waals surface area contributed by atoms with E-state index in [2.05, 4.69) is 84.0 Å². The van der Waals surface area contributed by atoms with Gasteiger partial charge in [-0.1, -0.05) is 146 Å². The maximum atomic E-state index is 16.9. The van der Waals surface area contributed by atoms with Crippen molar-refractivity contribution in [1.29, 1.82) is 0 Å². The number of anilines is 4. The molecule has 3 heterocycles. The lowest BCUT2D eigenvalue weighted by Crippen LogP contribution is -2.31. The average molecular weight is 795 g/mol. The molecule has 0 saturated heterocycles. The summed E-state index contributed by atoms with van der Waals surface area (Å²) in [5.41, 5.74) is 11.1. The van der Waals surface area contributed by atoms with Gasteiger partial charge in [0.1, 0.15) is 0 Å². The van der Waals surface area contributed by atoms with Crippen LogP contribution in [0.5, 0.6) is 0 Å². The van der Waals surface area contributed by atoms with Crippen LogP contribution in [-0.2, 0) is 4.57 Å². The van der Waals surface area contributed by atoms with Crippen molar-refractivity contribution in [1.82, 2.24) is 19.5 Å². The van der Waals surface area contributed by atoms with E-state index >= 15 is 4.57 Å². The van der Waals surface area contributed by atoms with E-state index in [1.54, 1.807) is 0 Å². The van der Waals surface area contributed by atoms with E-state index in [0.717, 1.165) is 72.9 Å². The summed E-state index contributed by atoms with van der Waals surface area (Å²) in [5, 5.41) is 1.09. The fourth-order valence-electron chi connectivity index (χ4n) is 8.18. The Morgan fingerprint density at radius 3 is 1.53 bits per heavy atom. The van der Waals surface area contributed by atoms with Crippen molar-refractivity contribution in [2.24, 2.45) is 0 Å². The van der Waals surface area contributed by atoms with E-state index in [1.807, 2.05) is 150 Å². The average Bonchev–Trinajstić information content (AvgIpc) is 3.78. The van der Waals surface area contributed by atoms with Crippen LogP contribution in [-0.4, -0.2) is 19.5 Å². The van der Waals surface area contributed by atoms with E-state index in [0.29, 0.717) is 11.6 Å². The minimum atomic E-state index is -3.99. The molecular formula is C52H39N6OP. The molecule has 0 N–H and O–H groups in total. The normalized spacial score (nSPS) is 14.8. The maximum absolute atomic E-state index is 16.9. The number of para-hydroxylation sites is 3. The van der Waals surface area contributed by atoms with Crippen molar-refractivity contribution < 1.29 is 4.57 Å². The van der Waals surface area contributed by atoms with E-state index in [-0.39, 0.29) is 5.57 Å². The molecule has 7 nitrogen and oxygen atoms in total. The predicted octanol–water partition coefficient (Wildman–Crippen LogP) is 13.3. The Morgan fingerprint density at radius 2 is 1.00 bits per heavy atom. The number of allylic oxidation sites excluding steroid dienone is 1. The fourth-order valence-corrected chi connectivity index (χ4v) is 11.0. The third kappa shape index (κ3) is 6.15. The lowest BCUT2D eigenvalue weighted by molar-refractivity contribution is 0.581. The Morgan fingerprint density at radius 1 is 0.517 bits per heavy atom. The van der Waals surface area contributed by atoms with Gasteiger partial charge in [-0.3, -0.25) is 13.9 Å². The molecule has 0 spiro atoms. The minimum Gasteiger partial charge on any atom is -0.309 e. The SMILES string of the molecule is C=Cc1c(/C=C\C)n(-c2ccccc2)c2ccc(-c3ccc4c(c3)N(c3ccccc3)P(=O)(c3nc(-c5ccccc5)nc(-c5ccccc5)n3)N4c3ccccc3)cc12. The predicted molar refractivity (Wildman–Crippen MR) is 249 cm³/mol. The number of hydrogen-bond donors (Lipinski definition) is 0. The fraction of sp³-hybridized carbons (Fsp3) is 0.0192. The molecule has 2 aromatic heterocycles. The minimum absolute atomic E-state index is 0.177. The van der Waals surface area contributed by atoms with Crippen LogP contribution < -0.4 is 14.9 Å². The van der Waals surface area contributed by atoms with E-state index in [9.17, 15) is 0 Å². The number of hydrogen-bond acceptors (Lipinski definition) is 4. The van der Waals surface area contributed by atoms with Crippen molar-refractivity contribution in [3.05, 3.63) is 212 Å². The molecular weight excluding hydrogens is 756 g/mol. The standard InChI is InChI=1S/C52H39N6OP/c1-3-20-46-44(4-2)45-35-39(31-33-47(45)56(46)41-25-14-7-15-26-41)40-32-34-48-49(36-40)58(43-29-18-9-19-30-43)60(59,57(48)42-27-16-8-17-28-42)52-54-50(37-21-10-5-11-22-37)53-51(55-52)38-23-12-6-13-24-38/h3-36H,2H2,1H3/b20-3-. The summed E-state index contributed by atoms with van der Waals surface area (Å²) in [5.74, 6) is 0.886. The van der Waals surface area contributed by atoms with Crippen LogP contribution in [0.2, 0.25) is 0 Å². The third-order valence-electron chi connectivity index (χ3n) is 10.8. The Balaban J connectivity index is 1.22. The molecule has 1 aliphatic heterocycles. The monoisotopic (exact) mass is 794 g/mol. The van der Waals surface area contributed by atoms with Crippen LogP contribution in [0.4, 0.5) is 22.7 Å². The van der Waals surface area contributed by atoms with Crippen molar-refractivity contribution in [3.63, 3.8) is 0 Å². The lowest BCUT2D eigenvalue weighted by Gasteiger charge is -2.31. The van der Waals surface area contributed by atoms with Crippen molar-refractivity contribution in [3.8, 4) is 39.6 Å². The molecule has 7 aromatic carbocycles. The number of aromatic nitrogens is 4. The molecule has 0 bridgehead atoms. The van der Waals surface area contributed by atoms with Gasteiger partial charge in [0.05, 0.1) is 22.6 Å². The second-order valence-electron chi connectivity index (χ2n) is 14.5. The van der Waals surface area contributed by atoms with Gasteiger partial charge in [0.25, 0.3) is 0 Å². The summed E-state index contributed by atoms with van der Waals surface area (Å²) >= 11 is 0. The zero-order chi connectivity index (χ0) is 40.6. The molecule has 60 heavy (non-hydrogen) atoms. The van der Waals surface area contributed by atoms with Gasteiger partial charge < -0.3 is 4.57 Å². The van der Waals surface area contributed by atoms with Crippen molar-refractivity contribution in [2.45, 2.75) is 6.92 Å². The highest BCUT2D eigenvalue weighted by atomic mass is 31.2. The van der Waals surface area contributed by atoms with E-state index in [4.69, 9.17) is 15.0 Å². The molecule has 9 aromatic rings.